The molecule has 1 aromatic carbocycles. The summed E-state index contributed by atoms with van der Waals surface area (Å²) in [5.74, 6) is 0. The van der Waals surface area contributed by atoms with Crippen LogP contribution in [0.25, 0.3) is 5.69 Å². The lowest BCUT2D eigenvalue weighted by atomic mass is 10.2. The lowest BCUT2D eigenvalue weighted by Crippen LogP contribution is -1.95. The highest BCUT2D eigenvalue weighted by Gasteiger charge is 2.02. The second-order valence-corrected chi connectivity index (χ2v) is 3.54. The molecule has 0 aliphatic rings. The molecule has 0 atom stereocenters. The second-order valence-electron chi connectivity index (χ2n) is 3.54. The Morgan fingerprint density at radius 3 is 2.69 bits per heavy atom. The topological polar surface area (TPSA) is 56.7 Å². The number of nitrogen functional groups attached to an aromatic ring is 1. The van der Waals surface area contributed by atoms with E-state index in [0.717, 1.165) is 11.4 Å². The van der Waals surface area contributed by atoms with Crippen molar-refractivity contribution in [3.8, 4) is 5.69 Å². The maximum Gasteiger partial charge on any atom is 0.0898 e. The average molecular weight is 220 g/mol. The van der Waals surface area contributed by atoms with Gasteiger partial charge in [-0.05, 0) is 37.1 Å². The number of benzene rings is 1. The van der Waals surface area contributed by atoms with Gasteiger partial charge < -0.3 is 5.73 Å². The third kappa shape index (κ3) is 2.36. The number of nitrogens with two attached hydrogens (primary N) is 1. The highest BCUT2D eigenvalue weighted by atomic mass is 19.1. The van der Waals surface area contributed by atoms with E-state index >= 15 is 0 Å². The average Bonchev–Trinajstić information content (AvgIpc) is 2.76. The minimum atomic E-state index is -0.325. The van der Waals surface area contributed by atoms with Crippen LogP contribution in [0.1, 0.15) is 12.1 Å². The normalized spacial score (nSPS) is 10.6. The van der Waals surface area contributed by atoms with Crippen LogP contribution in [0.15, 0.2) is 30.5 Å². The molecule has 2 aromatic rings. The number of aromatic nitrogens is 3. The summed E-state index contributed by atoms with van der Waals surface area (Å²) in [6.45, 7) is -0.325. The molecule has 0 bridgehead atoms. The van der Waals surface area contributed by atoms with Crippen molar-refractivity contribution in [2.24, 2.45) is 0 Å². The SMILES string of the molecule is Nc1ccc(-n2cc(CCCF)nn2)cc1. The van der Waals surface area contributed by atoms with E-state index in [2.05, 4.69) is 10.3 Å². The Labute approximate surface area is 92.9 Å². The molecule has 0 unspecified atom stereocenters. The third-order valence-electron chi connectivity index (χ3n) is 2.27. The molecule has 0 fully saturated rings. The summed E-state index contributed by atoms with van der Waals surface area (Å²) in [7, 11) is 0. The minimum absolute atomic E-state index is 0.325. The molecule has 2 rings (SSSR count). The molecule has 0 aliphatic carbocycles. The molecule has 84 valence electrons. The van der Waals surface area contributed by atoms with Crippen molar-refractivity contribution in [1.82, 2.24) is 15.0 Å². The summed E-state index contributed by atoms with van der Waals surface area (Å²) in [5.41, 5.74) is 8.00. The minimum Gasteiger partial charge on any atom is -0.399 e. The van der Waals surface area contributed by atoms with Gasteiger partial charge in [-0.3, -0.25) is 4.39 Å². The van der Waals surface area contributed by atoms with Crippen LogP contribution in [0.2, 0.25) is 0 Å². The van der Waals surface area contributed by atoms with Gasteiger partial charge in [0.1, 0.15) is 0 Å². The summed E-state index contributed by atoms with van der Waals surface area (Å²) in [5, 5.41) is 7.94. The Hall–Kier alpha value is -1.91. The van der Waals surface area contributed by atoms with Gasteiger partial charge in [0.05, 0.1) is 24.3 Å². The standard InChI is InChI=1S/C11H13FN4/c12-7-1-2-10-8-16(15-14-10)11-5-3-9(13)4-6-11/h3-6,8H,1-2,7,13H2. The van der Waals surface area contributed by atoms with Crippen molar-refractivity contribution in [1.29, 1.82) is 0 Å². The van der Waals surface area contributed by atoms with E-state index in [0.29, 0.717) is 18.5 Å². The second kappa shape index (κ2) is 4.74. The van der Waals surface area contributed by atoms with Gasteiger partial charge in [-0.2, -0.15) is 0 Å². The van der Waals surface area contributed by atoms with Gasteiger partial charge in [0.25, 0.3) is 0 Å². The Morgan fingerprint density at radius 1 is 1.25 bits per heavy atom. The van der Waals surface area contributed by atoms with Crippen LogP contribution < -0.4 is 5.73 Å². The number of hydrogen-bond acceptors (Lipinski definition) is 3. The Balaban J connectivity index is 2.15. The first-order chi connectivity index (χ1) is 7.79. The third-order valence-corrected chi connectivity index (χ3v) is 2.27. The van der Waals surface area contributed by atoms with E-state index in [1.54, 1.807) is 23.0 Å². The molecule has 1 heterocycles. The molecule has 1 aromatic heterocycles. The van der Waals surface area contributed by atoms with Crippen LogP contribution in [-0.4, -0.2) is 21.7 Å². The molecular formula is C11H13FN4. The van der Waals surface area contributed by atoms with Gasteiger partial charge in [-0.25, -0.2) is 4.68 Å². The zero-order valence-electron chi connectivity index (χ0n) is 8.81. The fourth-order valence-corrected chi connectivity index (χ4v) is 1.41. The summed E-state index contributed by atoms with van der Waals surface area (Å²) >= 11 is 0. The maximum absolute atomic E-state index is 12.0. The highest BCUT2D eigenvalue weighted by molar-refractivity contribution is 5.44. The molecule has 0 radical (unpaired) electrons. The van der Waals surface area contributed by atoms with Gasteiger partial charge in [-0.1, -0.05) is 5.21 Å². The van der Waals surface area contributed by atoms with Crippen molar-refractivity contribution in [2.45, 2.75) is 12.8 Å². The number of aryl methyl sites for hydroxylation is 1. The van der Waals surface area contributed by atoms with Crippen molar-refractivity contribution >= 4 is 5.69 Å². The maximum atomic E-state index is 12.0. The van der Waals surface area contributed by atoms with Crippen molar-refractivity contribution in [2.75, 3.05) is 12.4 Å². The van der Waals surface area contributed by atoms with Crippen LogP contribution in [0, 0.1) is 0 Å². The first-order valence-corrected chi connectivity index (χ1v) is 5.12. The quantitative estimate of drug-likeness (QED) is 0.798. The van der Waals surface area contributed by atoms with Crippen LogP contribution in [-0.2, 0) is 6.42 Å². The zero-order chi connectivity index (χ0) is 11.4. The number of nitrogens with zero attached hydrogens (tertiary/aromatic N) is 3. The van der Waals surface area contributed by atoms with Crippen LogP contribution in [0.5, 0.6) is 0 Å². The molecule has 4 nitrogen and oxygen atoms in total. The molecular weight excluding hydrogens is 207 g/mol. The highest BCUT2D eigenvalue weighted by Crippen LogP contribution is 2.10. The first kappa shape index (κ1) is 10.6. The Kier molecular flexibility index (Phi) is 3.14. The molecule has 0 amide bonds. The largest absolute Gasteiger partial charge is 0.399 e. The van der Waals surface area contributed by atoms with E-state index in [-0.39, 0.29) is 6.67 Å². The van der Waals surface area contributed by atoms with E-state index in [9.17, 15) is 4.39 Å². The van der Waals surface area contributed by atoms with E-state index in [1.165, 1.54) is 0 Å². The number of hydrogen-bond donors (Lipinski definition) is 1. The van der Waals surface area contributed by atoms with E-state index in [1.807, 2.05) is 12.1 Å². The van der Waals surface area contributed by atoms with Crippen molar-refractivity contribution in [3.05, 3.63) is 36.2 Å². The fraction of sp³-hybridized carbons (Fsp3) is 0.273. The summed E-state index contributed by atoms with van der Waals surface area (Å²) in [6.07, 6.45) is 2.91. The monoisotopic (exact) mass is 220 g/mol. The lowest BCUT2D eigenvalue weighted by Gasteiger charge is -1.99. The fourth-order valence-electron chi connectivity index (χ4n) is 1.41. The van der Waals surface area contributed by atoms with Crippen LogP contribution in [0.3, 0.4) is 0 Å². The molecule has 16 heavy (non-hydrogen) atoms. The Morgan fingerprint density at radius 2 is 2.00 bits per heavy atom. The Bertz CT molecular complexity index is 449. The van der Waals surface area contributed by atoms with Crippen molar-refractivity contribution < 1.29 is 4.39 Å². The number of rotatable bonds is 4. The smallest absolute Gasteiger partial charge is 0.0898 e. The summed E-state index contributed by atoms with van der Waals surface area (Å²) < 4.78 is 13.6. The van der Waals surface area contributed by atoms with Gasteiger partial charge in [0.2, 0.25) is 0 Å². The van der Waals surface area contributed by atoms with Crippen LogP contribution in [0.4, 0.5) is 10.1 Å². The summed E-state index contributed by atoms with van der Waals surface area (Å²) in [4.78, 5) is 0. The van der Waals surface area contributed by atoms with Gasteiger partial charge >= 0.3 is 0 Å². The van der Waals surface area contributed by atoms with Gasteiger partial charge in [0.15, 0.2) is 0 Å². The summed E-state index contributed by atoms with van der Waals surface area (Å²) in [6, 6.07) is 7.34. The molecule has 0 spiro atoms. The van der Waals surface area contributed by atoms with E-state index in [4.69, 9.17) is 5.73 Å². The number of anilines is 1. The zero-order valence-corrected chi connectivity index (χ0v) is 8.81. The van der Waals surface area contributed by atoms with Gasteiger partial charge in [-0.15, -0.1) is 5.10 Å². The molecule has 0 aliphatic heterocycles. The number of halogens is 1. The van der Waals surface area contributed by atoms with Crippen molar-refractivity contribution in [3.63, 3.8) is 0 Å². The number of alkyl halides is 1. The van der Waals surface area contributed by atoms with Crippen LogP contribution >= 0.6 is 0 Å². The molecule has 2 N–H and O–H groups in total. The van der Waals surface area contributed by atoms with E-state index < -0.39 is 0 Å². The van der Waals surface area contributed by atoms with Gasteiger partial charge in [0, 0.05) is 5.69 Å². The lowest BCUT2D eigenvalue weighted by molar-refractivity contribution is 0.471. The molecule has 0 saturated carbocycles. The molecule has 0 saturated heterocycles. The molecule has 5 heteroatoms. The predicted molar refractivity (Wildman–Crippen MR) is 60.1 cm³/mol. The predicted octanol–water partition coefficient (Wildman–Crippen LogP) is 1.75. The first-order valence-electron chi connectivity index (χ1n) is 5.12.